The molecule has 0 radical (unpaired) electrons. The maximum absolute atomic E-state index is 12.0. The largest absolute Gasteiger partial charge is 0.848 e. The third-order valence-electron chi connectivity index (χ3n) is 2.47. The number of nitrogens with one attached hydrogen (secondary N) is 1. The fraction of sp³-hybridized carbons (Fsp3) is 0.462. The van der Waals surface area contributed by atoms with Crippen LogP contribution in [0.5, 0.6) is 5.75 Å². The molecule has 1 aromatic rings. The minimum absolute atomic E-state index is 0.162. The molecule has 1 rings (SSSR count). The average molecular weight is 252 g/mol. The van der Waals surface area contributed by atoms with Crippen LogP contribution in [0.4, 0.5) is 0 Å². The Kier molecular flexibility index (Phi) is 4.69. The van der Waals surface area contributed by atoms with E-state index in [4.69, 9.17) is 4.74 Å². The number of methoxy groups -OCH3 is 1. The molecule has 0 aliphatic rings. The first-order valence-corrected chi connectivity index (χ1v) is 5.79. The van der Waals surface area contributed by atoms with Crippen molar-refractivity contribution in [2.45, 2.75) is 13.0 Å². The molecule has 0 aromatic heterocycles. The summed E-state index contributed by atoms with van der Waals surface area (Å²) in [7, 11) is 5.15. The van der Waals surface area contributed by atoms with Crippen LogP contribution in [0, 0.1) is 0 Å². The Labute approximate surface area is 108 Å². The van der Waals surface area contributed by atoms with E-state index >= 15 is 0 Å². The number of rotatable bonds is 5. The van der Waals surface area contributed by atoms with Crippen LogP contribution in [0.25, 0.3) is 0 Å². The molecule has 1 atom stereocenters. The smallest absolute Gasteiger partial charge is 0.295 e. The van der Waals surface area contributed by atoms with Gasteiger partial charge in [0, 0.05) is 5.56 Å². The molecule has 0 aliphatic heterocycles. The van der Waals surface area contributed by atoms with Gasteiger partial charge in [0.05, 0.1) is 27.7 Å². The maximum atomic E-state index is 12.0. The van der Waals surface area contributed by atoms with E-state index in [9.17, 15) is 9.90 Å². The molecular formula is C13H20N2O3. The predicted octanol–water partition coefficient (Wildman–Crippen LogP) is 0.165. The van der Waals surface area contributed by atoms with Gasteiger partial charge in [0.25, 0.3) is 5.91 Å². The van der Waals surface area contributed by atoms with Crippen molar-refractivity contribution >= 4 is 5.91 Å². The van der Waals surface area contributed by atoms with Crippen molar-refractivity contribution in [3.8, 4) is 5.75 Å². The topological polar surface area (TPSA) is 61.4 Å². The molecular weight excluding hydrogens is 232 g/mol. The average Bonchev–Trinajstić information content (AvgIpc) is 2.26. The summed E-state index contributed by atoms with van der Waals surface area (Å²) >= 11 is 0. The molecule has 5 nitrogen and oxygen atoms in total. The lowest BCUT2D eigenvalue weighted by molar-refractivity contribution is -0.932. The van der Waals surface area contributed by atoms with E-state index < -0.39 is 6.10 Å². The molecule has 0 fully saturated rings. The lowest BCUT2D eigenvalue weighted by Crippen LogP contribution is -2.58. The van der Waals surface area contributed by atoms with Gasteiger partial charge in [-0.1, -0.05) is 13.0 Å². The number of quaternary nitrogens is 1. The number of carbonyl (C=O) groups excluding carboxylic acids is 1. The molecule has 0 aliphatic carbocycles. The number of carbonyl (C=O) groups is 1. The molecule has 0 spiro atoms. The number of ether oxygens (including phenoxy) is 1. The van der Waals surface area contributed by atoms with Gasteiger partial charge >= 0.3 is 0 Å². The summed E-state index contributed by atoms with van der Waals surface area (Å²) in [5.74, 6) is 0.497. The number of nitrogens with zero attached hydrogens (tertiary/aromatic N) is 1. The summed E-state index contributed by atoms with van der Waals surface area (Å²) in [6.45, 7) is 1.92. The van der Waals surface area contributed by atoms with E-state index in [1.54, 1.807) is 52.4 Å². The Hall–Kier alpha value is -1.59. The van der Waals surface area contributed by atoms with Gasteiger partial charge in [0.1, 0.15) is 5.75 Å². The van der Waals surface area contributed by atoms with Gasteiger partial charge in [-0.15, -0.1) is 0 Å². The van der Waals surface area contributed by atoms with Crippen LogP contribution in [0.2, 0.25) is 0 Å². The number of benzene rings is 1. The summed E-state index contributed by atoms with van der Waals surface area (Å²) < 4.78 is 5.19. The van der Waals surface area contributed by atoms with E-state index in [0.717, 1.165) is 0 Å². The zero-order valence-electron chi connectivity index (χ0n) is 11.3. The van der Waals surface area contributed by atoms with Gasteiger partial charge in [-0.2, -0.15) is 5.43 Å². The fourth-order valence-electron chi connectivity index (χ4n) is 1.77. The molecule has 18 heavy (non-hydrogen) atoms. The third kappa shape index (κ3) is 4.35. The highest BCUT2D eigenvalue weighted by atomic mass is 16.5. The van der Waals surface area contributed by atoms with Crippen LogP contribution in [0.3, 0.4) is 0 Å². The molecule has 1 N–H and O–H groups in total. The molecule has 100 valence electrons. The molecule has 0 bridgehead atoms. The van der Waals surface area contributed by atoms with E-state index in [1.807, 2.05) is 0 Å². The van der Waals surface area contributed by atoms with Crippen LogP contribution >= 0.6 is 0 Å². The lowest BCUT2D eigenvalue weighted by Gasteiger charge is -2.33. The quantitative estimate of drug-likeness (QED) is 0.600. The first-order chi connectivity index (χ1) is 8.34. The van der Waals surface area contributed by atoms with Crippen LogP contribution in [0.1, 0.15) is 17.3 Å². The summed E-state index contributed by atoms with van der Waals surface area (Å²) in [5.41, 5.74) is 3.34. The monoisotopic (exact) mass is 252 g/mol. The van der Waals surface area contributed by atoms with Crippen molar-refractivity contribution in [2.75, 3.05) is 27.7 Å². The number of hydrogen-bond donors (Lipinski definition) is 1. The summed E-state index contributed by atoms with van der Waals surface area (Å²) in [4.78, 5) is 12.0. The van der Waals surface area contributed by atoms with Crippen LogP contribution in [0.15, 0.2) is 24.3 Å². The Balaban J connectivity index is 2.69. The SMILES string of the molecule is COc1ccc(C(=O)N[N+](C)(C)CC(C)[O-])cc1. The molecule has 1 aromatic carbocycles. The van der Waals surface area contributed by atoms with Crippen molar-refractivity contribution in [1.82, 2.24) is 5.43 Å². The lowest BCUT2D eigenvalue weighted by atomic mass is 10.2. The van der Waals surface area contributed by atoms with Gasteiger partial charge in [-0.25, -0.2) is 4.59 Å². The Morgan fingerprint density at radius 2 is 1.94 bits per heavy atom. The van der Waals surface area contributed by atoms with Gasteiger partial charge in [0.15, 0.2) is 0 Å². The summed E-state index contributed by atoms with van der Waals surface area (Å²) in [6.07, 6.45) is -0.726. The van der Waals surface area contributed by atoms with Gasteiger partial charge in [-0.05, 0) is 24.3 Å². The second-order valence-electron chi connectivity index (χ2n) is 4.85. The molecule has 1 amide bonds. The summed E-state index contributed by atoms with van der Waals surface area (Å²) in [6, 6.07) is 6.83. The molecule has 1 unspecified atom stereocenters. The van der Waals surface area contributed by atoms with E-state index in [1.165, 1.54) is 0 Å². The highest BCUT2D eigenvalue weighted by Crippen LogP contribution is 2.11. The minimum Gasteiger partial charge on any atom is -0.848 e. The molecule has 0 saturated heterocycles. The van der Waals surface area contributed by atoms with Crippen LogP contribution < -0.4 is 15.3 Å². The standard InChI is InChI=1S/C13H20N2O3/c1-10(16)9-15(2,3)14-13(17)11-5-7-12(18-4)8-6-11/h5-8,10H,9H2,1-4H3,(H,14,17). The Morgan fingerprint density at radius 3 is 2.39 bits per heavy atom. The van der Waals surface area contributed by atoms with Crippen molar-refractivity contribution < 1.29 is 19.2 Å². The van der Waals surface area contributed by atoms with E-state index in [-0.39, 0.29) is 10.5 Å². The van der Waals surface area contributed by atoms with E-state index in [0.29, 0.717) is 17.9 Å². The van der Waals surface area contributed by atoms with Crippen molar-refractivity contribution in [2.24, 2.45) is 0 Å². The van der Waals surface area contributed by atoms with Crippen molar-refractivity contribution in [3.63, 3.8) is 0 Å². The van der Waals surface area contributed by atoms with E-state index in [2.05, 4.69) is 5.43 Å². The zero-order chi connectivity index (χ0) is 13.8. The first kappa shape index (κ1) is 14.5. The van der Waals surface area contributed by atoms with Gasteiger partial charge < -0.3 is 9.84 Å². The highest BCUT2D eigenvalue weighted by molar-refractivity contribution is 5.93. The normalized spacial score (nSPS) is 12.9. The van der Waals surface area contributed by atoms with Gasteiger partial charge in [-0.3, -0.25) is 4.79 Å². The predicted molar refractivity (Wildman–Crippen MR) is 66.9 cm³/mol. The number of likely N-dealkylation sites (N-methyl/N-ethyl adjacent to an activating group) is 1. The number of amides is 1. The van der Waals surface area contributed by atoms with Crippen LogP contribution in [-0.2, 0) is 0 Å². The highest BCUT2D eigenvalue weighted by Gasteiger charge is 2.19. The molecule has 0 saturated carbocycles. The summed E-state index contributed by atoms with van der Waals surface area (Å²) in [5, 5.41) is 11.2. The molecule has 0 heterocycles. The second-order valence-corrected chi connectivity index (χ2v) is 4.85. The Morgan fingerprint density at radius 1 is 1.39 bits per heavy atom. The van der Waals surface area contributed by atoms with Crippen molar-refractivity contribution in [3.05, 3.63) is 29.8 Å². The third-order valence-corrected chi connectivity index (χ3v) is 2.47. The minimum atomic E-state index is -0.726. The Bertz CT molecular complexity index is 399. The van der Waals surface area contributed by atoms with Gasteiger partial charge in [0.2, 0.25) is 0 Å². The first-order valence-electron chi connectivity index (χ1n) is 5.79. The second kappa shape index (κ2) is 5.84. The number of hydrogen-bond acceptors (Lipinski definition) is 3. The zero-order valence-corrected chi connectivity index (χ0v) is 11.3. The molecule has 5 heteroatoms. The van der Waals surface area contributed by atoms with Crippen LogP contribution in [-0.4, -0.2) is 44.4 Å². The maximum Gasteiger partial charge on any atom is 0.295 e. The fourth-order valence-corrected chi connectivity index (χ4v) is 1.77. The van der Waals surface area contributed by atoms with Crippen molar-refractivity contribution in [1.29, 1.82) is 0 Å².